The third-order valence-corrected chi connectivity index (χ3v) is 3.53. The van der Waals surface area contributed by atoms with Crippen LogP contribution in [0.3, 0.4) is 0 Å². The van der Waals surface area contributed by atoms with Crippen LogP contribution in [0.4, 0.5) is 4.39 Å². The van der Waals surface area contributed by atoms with E-state index in [-0.39, 0.29) is 43.2 Å². The van der Waals surface area contributed by atoms with Crippen LogP contribution in [-0.4, -0.2) is 13.0 Å². The molecule has 1 amide bonds. The summed E-state index contributed by atoms with van der Waals surface area (Å²) < 4.78 is 18.5. The number of hydrogen-bond donors (Lipinski definition) is 2. The second-order valence-electron chi connectivity index (χ2n) is 5.36. The van der Waals surface area contributed by atoms with Crippen molar-refractivity contribution < 1.29 is 13.9 Å². The van der Waals surface area contributed by atoms with Gasteiger partial charge in [-0.3, -0.25) is 4.79 Å². The van der Waals surface area contributed by atoms with Gasteiger partial charge in [-0.15, -0.1) is 12.4 Å². The molecule has 0 saturated heterocycles. The van der Waals surface area contributed by atoms with E-state index in [1.54, 1.807) is 12.1 Å². The Labute approximate surface area is 147 Å². The normalized spacial score (nSPS) is 11.5. The van der Waals surface area contributed by atoms with Gasteiger partial charge in [0.1, 0.15) is 5.82 Å². The molecular weight excluding hydrogens is 331 g/mol. The van der Waals surface area contributed by atoms with Gasteiger partial charge in [0.05, 0.1) is 6.61 Å². The summed E-state index contributed by atoms with van der Waals surface area (Å²) in [7, 11) is 1.51. The van der Waals surface area contributed by atoms with Gasteiger partial charge in [0.25, 0.3) is 0 Å². The average Bonchev–Trinajstić information content (AvgIpc) is 2.56. The second-order valence-corrected chi connectivity index (χ2v) is 5.36. The van der Waals surface area contributed by atoms with Gasteiger partial charge in [0.15, 0.2) is 0 Å². The fraction of sp³-hybridized carbons (Fsp3) is 0.278. The largest absolute Gasteiger partial charge is 0.380 e. The molecular formula is C18H22ClFN2O2. The van der Waals surface area contributed by atoms with E-state index in [4.69, 9.17) is 10.5 Å². The summed E-state index contributed by atoms with van der Waals surface area (Å²) in [5, 5.41) is 2.81. The van der Waals surface area contributed by atoms with Crippen molar-refractivity contribution in [1.82, 2.24) is 5.32 Å². The van der Waals surface area contributed by atoms with Crippen LogP contribution in [0.25, 0.3) is 0 Å². The van der Waals surface area contributed by atoms with Crippen molar-refractivity contribution >= 4 is 18.3 Å². The summed E-state index contributed by atoms with van der Waals surface area (Å²) in [5.74, 6) is -0.452. The van der Waals surface area contributed by atoms with Crippen LogP contribution < -0.4 is 11.1 Å². The molecule has 2 rings (SSSR count). The lowest BCUT2D eigenvalue weighted by Crippen LogP contribution is -2.27. The number of nitrogens with two attached hydrogens (primary N) is 1. The molecule has 2 aromatic carbocycles. The third-order valence-electron chi connectivity index (χ3n) is 3.53. The lowest BCUT2D eigenvalue weighted by Gasteiger charge is -2.12. The molecule has 1 atom stereocenters. The molecule has 0 bridgehead atoms. The minimum absolute atomic E-state index is 0. The van der Waals surface area contributed by atoms with Crippen molar-refractivity contribution in [3.63, 3.8) is 0 Å². The Morgan fingerprint density at radius 3 is 2.62 bits per heavy atom. The molecule has 130 valence electrons. The first kappa shape index (κ1) is 20.1. The van der Waals surface area contributed by atoms with Crippen LogP contribution in [0.1, 0.15) is 29.2 Å². The number of hydrogen-bond acceptors (Lipinski definition) is 3. The number of rotatable bonds is 7. The minimum Gasteiger partial charge on any atom is -0.380 e. The van der Waals surface area contributed by atoms with Crippen LogP contribution in [0.5, 0.6) is 0 Å². The Balaban J connectivity index is 0.00000288. The van der Waals surface area contributed by atoms with E-state index in [1.165, 1.54) is 13.2 Å². The van der Waals surface area contributed by atoms with Crippen LogP contribution >= 0.6 is 12.4 Å². The first-order chi connectivity index (χ1) is 11.1. The van der Waals surface area contributed by atoms with Gasteiger partial charge < -0.3 is 15.8 Å². The fourth-order valence-electron chi connectivity index (χ4n) is 2.29. The summed E-state index contributed by atoms with van der Waals surface area (Å²) in [6.07, 6.45) is 0.205. The molecule has 0 aliphatic carbocycles. The molecule has 0 fully saturated rings. The molecule has 0 heterocycles. The number of carbonyl (C=O) groups excluding carboxylic acids is 1. The molecule has 0 spiro atoms. The SMILES string of the molecule is COCc1cc(CNC(=O)CC(N)c2ccccc2)ccc1F.Cl. The lowest BCUT2D eigenvalue weighted by atomic mass is 10.0. The minimum atomic E-state index is -0.339. The van der Waals surface area contributed by atoms with Gasteiger partial charge in [-0.1, -0.05) is 36.4 Å². The Morgan fingerprint density at radius 2 is 1.96 bits per heavy atom. The average molecular weight is 353 g/mol. The number of carbonyl (C=O) groups is 1. The fourth-order valence-corrected chi connectivity index (χ4v) is 2.29. The molecule has 0 aliphatic heterocycles. The smallest absolute Gasteiger partial charge is 0.222 e. The summed E-state index contributed by atoms with van der Waals surface area (Å²) in [5.41, 5.74) is 8.24. The molecule has 2 aromatic rings. The van der Waals surface area contributed by atoms with Crippen molar-refractivity contribution in [2.75, 3.05) is 7.11 Å². The van der Waals surface area contributed by atoms with E-state index < -0.39 is 0 Å². The maximum absolute atomic E-state index is 13.5. The Morgan fingerprint density at radius 1 is 1.25 bits per heavy atom. The van der Waals surface area contributed by atoms with Gasteiger partial charge in [-0.2, -0.15) is 0 Å². The molecule has 6 heteroatoms. The van der Waals surface area contributed by atoms with Crippen molar-refractivity contribution in [2.45, 2.75) is 25.6 Å². The van der Waals surface area contributed by atoms with Gasteiger partial charge in [-0.05, 0) is 23.3 Å². The van der Waals surface area contributed by atoms with Crippen LogP contribution in [0.15, 0.2) is 48.5 Å². The molecule has 24 heavy (non-hydrogen) atoms. The molecule has 0 aliphatic rings. The topological polar surface area (TPSA) is 64.3 Å². The van der Waals surface area contributed by atoms with Crippen LogP contribution in [-0.2, 0) is 22.7 Å². The highest BCUT2D eigenvalue weighted by molar-refractivity contribution is 5.85. The van der Waals surface area contributed by atoms with Crippen LogP contribution in [0.2, 0.25) is 0 Å². The molecule has 4 nitrogen and oxygen atoms in total. The second kappa shape index (κ2) is 10.0. The number of halogens is 2. The Kier molecular flexibility index (Phi) is 8.40. The van der Waals surface area contributed by atoms with E-state index in [1.807, 2.05) is 30.3 Å². The summed E-state index contributed by atoms with van der Waals surface area (Å²) in [6, 6.07) is 13.9. The number of benzene rings is 2. The molecule has 0 radical (unpaired) electrons. The number of amides is 1. The molecule has 0 saturated carbocycles. The summed E-state index contributed by atoms with van der Waals surface area (Å²) in [4.78, 5) is 12.0. The summed E-state index contributed by atoms with van der Waals surface area (Å²) in [6.45, 7) is 0.532. The van der Waals surface area contributed by atoms with Gasteiger partial charge in [0.2, 0.25) is 5.91 Å². The summed E-state index contributed by atoms with van der Waals surface area (Å²) >= 11 is 0. The van der Waals surface area contributed by atoms with E-state index in [9.17, 15) is 9.18 Å². The van der Waals surface area contributed by atoms with Crippen molar-refractivity contribution in [1.29, 1.82) is 0 Å². The first-order valence-corrected chi connectivity index (χ1v) is 7.43. The zero-order valence-electron chi connectivity index (χ0n) is 13.5. The van der Waals surface area contributed by atoms with Gasteiger partial charge in [0, 0.05) is 31.7 Å². The Bertz CT molecular complexity index is 653. The zero-order chi connectivity index (χ0) is 16.7. The molecule has 1 unspecified atom stereocenters. The maximum atomic E-state index is 13.5. The molecule has 3 N–H and O–H groups in total. The maximum Gasteiger partial charge on any atom is 0.222 e. The Hall–Kier alpha value is -1.95. The van der Waals surface area contributed by atoms with E-state index in [0.717, 1.165) is 11.1 Å². The van der Waals surface area contributed by atoms with E-state index >= 15 is 0 Å². The standard InChI is InChI=1S/C18H21FN2O2.ClH/c1-23-12-15-9-13(7-8-16(15)19)11-21-18(22)10-17(20)14-5-3-2-4-6-14;/h2-9,17H,10-12,20H2,1H3,(H,21,22);1H. The van der Waals surface area contributed by atoms with E-state index in [0.29, 0.717) is 12.1 Å². The number of methoxy groups -OCH3 is 1. The quantitative estimate of drug-likeness (QED) is 0.804. The van der Waals surface area contributed by atoms with Crippen molar-refractivity contribution in [2.24, 2.45) is 5.73 Å². The number of nitrogens with one attached hydrogen (secondary N) is 1. The lowest BCUT2D eigenvalue weighted by molar-refractivity contribution is -0.121. The highest BCUT2D eigenvalue weighted by Crippen LogP contribution is 2.14. The monoisotopic (exact) mass is 352 g/mol. The van der Waals surface area contributed by atoms with Crippen LogP contribution in [0, 0.1) is 5.82 Å². The predicted octanol–water partition coefficient (Wildman–Crippen LogP) is 3.10. The zero-order valence-corrected chi connectivity index (χ0v) is 14.3. The number of ether oxygens (including phenoxy) is 1. The highest BCUT2D eigenvalue weighted by atomic mass is 35.5. The van der Waals surface area contributed by atoms with Crippen molar-refractivity contribution in [3.8, 4) is 0 Å². The molecule has 0 aromatic heterocycles. The predicted molar refractivity (Wildman–Crippen MR) is 94.2 cm³/mol. The third kappa shape index (κ3) is 5.92. The first-order valence-electron chi connectivity index (χ1n) is 7.43. The van der Waals surface area contributed by atoms with Gasteiger partial charge >= 0.3 is 0 Å². The van der Waals surface area contributed by atoms with Crippen molar-refractivity contribution in [3.05, 3.63) is 71.0 Å². The highest BCUT2D eigenvalue weighted by Gasteiger charge is 2.11. The van der Waals surface area contributed by atoms with Gasteiger partial charge in [-0.25, -0.2) is 4.39 Å². The van der Waals surface area contributed by atoms with E-state index in [2.05, 4.69) is 5.32 Å².